The first kappa shape index (κ1) is 15.4. The Morgan fingerprint density at radius 2 is 1.90 bits per heavy atom. The molecule has 21 heavy (non-hydrogen) atoms. The van der Waals surface area contributed by atoms with Crippen molar-refractivity contribution < 1.29 is 19.4 Å². The van der Waals surface area contributed by atoms with E-state index in [1.807, 2.05) is 37.3 Å². The van der Waals surface area contributed by atoms with E-state index in [0.717, 1.165) is 5.56 Å². The van der Waals surface area contributed by atoms with Gasteiger partial charge in [0.1, 0.15) is 6.10 Å². The fourth-order valence-corrected chi connectivity index (χ4v) is 2.46. The first-order chi connectivity index (χ1) is 10.0. The minimum atomic E-state index is -1.02. The van der Waals surface area contributed by atoms with Crippen LogP contribution in [0.15, 0.2) is 46.9 Å². The summed E-state index contributed by atoms with van der Waals surface area (Å²) in [6.45, 7) is 1.92. The Morgan fingerprint density at radius 3 is 2.48 bits per heavy atom. The number of benzene rings is 2. The number of hydrogen-bond donors (Lipinski definition) is 1. The van der Waals surface area contributed by atoms with Crippen LogP contribution in [0.3, 0.4) is 0 Å². The molecule has 0 heterocycles. The summed E-state index contributed by atoms with van der Waals surface area (Å²) in [7, 11) is 1.48. The van der Waals surface area contributed by atoms with Crippen molar-refractivity contribution >= 4 is 21.9 Å². The highest BCUT2D eigenvalue weighted by Crippen LogP contribution is 2.39. The molecule has 4 nitrogen and oxygen atoms in total. The SMILES string of the molecule is COc1cc(C(=O)O)cc(Br)c1OC(C)c1ccccc1. The first-order valence-corrected chi connectivity index (χ1v) is 7.14. The fraction of sp³-hybridized carbons (Fsp3) is 0.188. The first-order valence-electron chi connectivity index (χ1n) is 6.35. The number of carboxylic acid groups (broad SMARTS) is 1. The second-order valence-corrected chi connectivity index (χ2v) is 5.32. The number of hydrogen-bond acceptors (Lipinski definition) is 3. The molecular formula is C16H15BrO4. The van der Waals surface area contributed by atoms with E-state index in [4.69, 9.17) is 14.6 Å². The summed E-state index contributed by atoms with van der Waals surface area (Å²) in [5.74, 6) is -0.153. The van der Waals surface area contributed by atoms with Crippen LogP contribution in [0.25, 0.3) is 0 Å². The number of ether oxygens (including phenoxy) is 2. The lowest BCUT2D eigenvalue weighted by Gasteiger charge is -2.19. The normalized spacial score (nSPS) is 11.8. The quantitative estimate of drug-likeness (QED) is 0.873. The van der Waals surface area contributed by atoms with Gasteiger partial charge in [0.15, 0.2) is 11.5 Å². The van der Waals surface area contributed by atoms with Crippen LogP contribution in [0.5, 0.6) is 11.5 Å². The molecule has 0 saturated heterocycles. The molecule has 0 bridgehead atoms. The van der Waals surface area contributed by atoms with Crippen LogP contribution in [-0.4, -0.2) is 18.2 Å². The van der Waals surface area contributed by atoms with Gasteiger partial charge in [-0.1, -0.05) is 30.3 Å². The van der Waals surface area contributed by atoms with Crippen molar-refractivity contribution in [3.63, 3.8) is 0 Å². The van der Waals surface area contributed by atoms with Gasteiger partial charge in [-0.05, 0) is 40.5 Å². The van der Waals surface area contributed by atoms with Crippen LogP contribution in [0.1, 0.15) is 28.9 Å². The molecule has 5 heteroatoms. The Bertz CT molecular complexity index is 640. The molecule has 0 fully saturated rings. The minimum absolute atomic E-state index is 0.137. The van der Waals surface area contributed by atoms with Gasteiger partial charge in [-0.2, -0.15) is 0 Å². The summed E-state index contributed by atoms with van der Waals surface area (Å²) in [5, 5.41) is 9.06. The van der Waals surface area contributed by atoms with E-state index in [0.29, 0.717) is 16.0 Å². The predicted molar refractivity (Wildman–Crippen MR) is 83.1 cm³/mol. The molecule has 2 rings (SSSR count). The van der Waals surface area contributed by atoms with Gasteiger partial charge in [-0.25, -0.2) is 4.79 Å². The van der Waals surface area contributed by atoms with Crippen LogP contribution in [-0.2, 0) is 0 Å². The molecule has 0 spiro atoms. The largest absolute Gasteiger partial charge is 0.493 e. The van der Waals surface area contributed by atoms with E-state index in [-0.39, 0.29) is 11.7 Å². The Hall–Kier alpha value is -2.01. The summed E-state index contributed by atoms with van der Waals surface area (Å²) < 4.78 is 11.7. The van der Waals surface area contributed by atoms with E-state index in [2.05, 4.69) is 15.9 Å². The van der Waals surface area contributed by atoms with Crippen molar-refractivity contribution in [2.45, 2.75) is 13.0 Å². The van der Waals surface area contributed by atoms with Crippen LogP contribution in [0, 0.1) is 0 Å². The number of carbonyl (C=O) groups is 1. The number of rotatable bonds is 5. The fourth-order valence-electron chi connectivity index (χ4n) is 1.93. The average molecular weight is 351 g/mol. The van der Waals surface area contributed by atoms with Crippen molar-refractivity contribution in [1.82, 2.24) is 0 Å². The standard InChI is InChI=1S/C16H15BrO4/c1-10(11-6-4-3-5-7-11)21-15-13(17)8-12(16(18)19)9-14(15)20-2/h3-10H,1-2H3,(H,18,19). The van der Waals surface area contributed by atoms with Gasteiger partial charge < -0.3 is 14.6 Å². The third-order valence-electron chi connectivity index (χ3n) is 3.04. The van der Waals surface area contributed by atoms with E-state index >= 15 is 0 Å². The second-order valence-electron chi connectivity index (χ2n) is 4.47. The maximum atomic E-state index is 11.1. The molecule has 0 saturated carbocycles. The van der Waals surface area contributed by atoms with Crippen molar-refractivity contribution in [3.8, 4) is 11.5 Å². The molecule has 0 aliphatic carbocycles. The highest BCUT2D eigenvalue weighted by atomic mass is 79.9. The maximum Gasteiger partial charge on any atom is 0.335 e. The summed E-state index contributed by atoms with van der Waals surface area (Å²) in [6, 6.07) is 12.7. The number of carboxylic acids is 1. The van der Waals surface area contributed by atoms with E-state index in [1.54, 1.807) is 0 Å². The second kappa shape index (κ2) is 6.63. The van der Waals surface area contributed by atoms with Crippen LogP contribution in [0.2, 0.25) is 0 Å². The molecule has 0 aliphatic heterocycles. The molecule has 0 radical (unpaired) electrons. The predicted octanol–water partition coefficient (Wildman–Crippen LogP) is 4.30. The molecule has 0 aromatic heterocycles. The van der Waals surface area contributed by atoms with Gasteiger partial charge in [-0.3, -0.25) is 0 Å². The van der Waals surface area contributed by atoms with Gasteiger partial charge in [-0.15, -0.1) is 0 Å². The lowest BCUT2D eigenvalue weighted by atomic mass is 10.1. The van der Waals surface area contributed by atoms with Gasteiger partial charge in [0, 0.05) is 0 Å². The van der Waals surface area contributed by atoms with Crippen molar-refractivity contribution in [2.75, 3.05) is 7.11 Å². The maximum absolute atomic E-state index is 11.1. The number of halogens is 1. The van der Waals surface area contributed by atoms with Crippen molar-refractivity contribution in [1.29, 1.82) is 0 Å². The molecule has 0 amide bonds. The van der Waals surface area contributed by atoms with E-state index in [9.17, 15) is 4.79 Å². The highest BCUT2D eigenvalue weighted by molar-refractivity contribution is 9.10. The molecule has 2 aromatic rings. The summed E-state index contributed by atoms with van der Waals surface area (Å²) >= 11 is 3.34. The lowest BCUT2D eigenvalue weighted by molar-refractivity contribution is 0.0696. The third-order valence-corrected chi connectivity index (χ3v) is 3.63. The number of aromatic carboxylic acids is 1. The monoisotopic (exact) mass is 350 g/mol. The third kappa shape index (κ3) is 3.55. The zero-order chi connectivity index (χ0) is 15.4. The van der Waals surface area contributed by atoms with Crippen LogP contribution in [0.4, 0.5) is 0 Å². The summed E-state index contributed by atoms with van der Waals surface area (Å²) in [4.78, 5) is 11.1. The average Bonchev–Trinajstić information content (AvgIpc) is 2.49. The summed E-state index contributed by atoms with van der Waals surface area (Å²) in [5.41, 5.74) is 1.16. The van der Waals surface area contributed by atoms with Crippen LogP contribution >= 0.6 is 15.9 Å². The lowest BCUT2D eigenvalue weighted by Crippen LogP contribution is -2.06. The Balaban J connectivity index is 2.33. The zero-order valence-corrected chi connectivity index (χ0v) is 13.3. The minimum Gasteiger partial charge on any atom is -0.493 e. The van der Waals surface area contributed by atoms with E-state index < -0.39 is 5.97 Å². The van der Waals surface area contributed by atoms with Gasteiger partial charge in [0.2, 0.25) is 0 Å². The van der Waals surface area contributed by atoms with Crippen molar-refractivity contribution in [2.24, 2.45) is 0 Å². The molecule has 0 aliphatic rings. The van der Waals surface area contributed by atoms with Crippen molar-refractivity contribution in [3.05, 3.63) is 58.1 Å². The molecule has 110 valence electrons. The molecule has 1 N–H and O–H groups in total. The van der Waals surface area contributed by atoms with E-state index in [1.165, 1.54) is 19.2 Å². The zero-order valence-electron chi connectivity index (χ0n) is 11.7. The van der Waals surface area contributed by atoms with Crippen LogP contribution < -0.4 is 9.47 Å². The molecule has 2 aromatic carbocycles. The topological polar surface area (TPSA) is 55.8 Å². The molecular weight excluding hydrogens is 336 g/mol. The summed E-state index contributed by atoms with van der Waals surface area (Å²) in [6.07, 6.45) is -0.188. The Labute approximate surface area is 131 Å². The Morgan fingerprint density at radius 1 is 1.24 bits per heavy atom. The Kier molecular flexibility index (Phi) is 4.85. The molecule has 1 atom stereocenters. The highest BCUT2D eigenvalue weighted by Gasteiger charge is 2.17. The van der Waals surface area contributed by atoms with Gasteiger partial charge in [0.25, 0.3) is 0 Å². The van der Waals surface area contributed by atoms with Gasteiger partial charge >= 0.3 is 5.97 Å². The molecule has 1 unspecified atom stereocenters. The van der Waals surface area contributed by atoms with Gasteiger partial charge in [0.05, 0.1) is 17.1 Å². The number of methoxy groups -OCH3 is 1. The smallest absolute Gasteiger partial charge is 0.335 e.